The van der Waals surface area contributed by atoms with E-state index >= 15 is 0 Å². The van der Waals surface area contributed by atoms with Crippen LogP contribution in [0.5, 0.6) is 5.75 Å². The first-order valence-electron chi connectivity index (χ1n) is 5.67. The molecule has 0 bridgehead atoms. The van der Waals surface area contributed by atoms with Gasteiger partial charge in [0.2, 0.25) is 0 Å². The number of aromatic amines is 2. The third kappa shape index (κ3) is 1.74. The molecule has 0 spiro atoms. The first kappa shape index (κ1) is 11.3. The molecule has 0 amide bonds. The molecule has 96 valence electrons. The van der Waals surface area contributed by atoms with Crippen molar-refractivity contribution in [3.63, 3.8) is 0 Å². The summed E-state index contributed by atoms with van der Waals surface area (Å²) >= 11 is 0. The topological polar surface area (TPSA) is 79.9 Å². The Morgan fingerprint density at radius 3 is 2.74 bits per heavy atom. The predicted octanol–water partition coefficient (Wildman–Crippen LogP) is 1.02. The summed E-state index contributed by atoms with van der Waals surface area (Å²) in [4.78, 5) is 28.2. The summed E-state index contributed by atoms with van der Waals surface area (Å²) in [7, 11) is 1.54. The lowest BCUT2D eigenvalue weighted by atomic mass is 10.2. The van der Waals surface area contributed by atoms with Crippen LogP contribution in [0.15, 0.2) is 46.2 Å². The average Bonchev–Trinajstić information content (AvgIpc) is 2.86. The minimum absolute atomic E-state index is 0.429. The van der Waals surface area contributed by atoms with Crippen LogP contribution < -0.4 is 16.0 Å². The van der Waals surface area contributed by atoms with Crippen molar-refractivity contribution in [3.05, 3.63) is 57.5 Å². The van der Waals surface area contributed by atoms with Crippen LogP contribution in [-0.4, -0.2) is 21.6 Å². The van der Waals surface area contributed by atoms with Crippen LogP contribution in [0.25, 0.3) is 16.6 Å². The highest BCUT2D eigenvalue weighted by molar-refractivity contribution is 5.88. The Morgan fingerprint density at radius 1 is 1.16 bits per heavy atom. The van der Waals surface area contributed by atoms with E-state index in [4.69, 9.17) is 4.74 Å². The molecule has 19 heavy (non-hydrogen) atoms. The van der Waals surface area contributed by atoms with Crippen LogP contribution in [0.3, 0.4) is 0 Å². The van der Waals surface area contributed by atoms with Gasteiger partial charge in [-0.1, -0.05) is 6.07 Å². The molecule has 1 aromatic carbocycles. The number of ether oxygens (including phenoxy) is 1. The van der Waals surface area contributed by atoms with Crippen molar-refractivity contribution < 1.29 is 4.74 Å². The van der Waals surface area contributed by atoms with Gasteiger partial charge in [0, 0.05) is 23.8 Å². The molecule has 0 aliphatic rings. The van der Waals surface area contributed by atoms with Crippen LogP contribution in [-0.2, 0) is 0 Å². The standard InChI is InChI=1S/C13H11N3O3/c1-19-12-9(3-2-8-4-6-14-11(8)12)16-7-5-10(17)15-13(16)18/h2-7,14H,1H3,(H,15,17,18). The van der Waals surface area contributed by atoms with Crippen LogP contribution in [0.4, 0.5) is 0 Å². The molecule has 6 nitrogen and oxygen atoms in total. The molecular weight excluding hydrogens is 246 g/mol. The minimum Gasteiger partial charge on any atom is -0.492 e. The summed E-state index contributed by atoms with van der Waals surface area (Å²) in [5, 5.41) is 0.984. The molecule has 0 aliphatic heterocycles. The second-order valence-corrected chi connectivity index (χ2v) is 4.04. The van der Waals surface area contributed by atoms with E-state index in [0.717, 1.165) is 10.9 Å². The third-order valence-corrected chi connectivity index (χ3v) is 2.95. The van der Waals surface area contributed by atoms with Gasteiger partial charge in [-0.15, -0.1) is 0 Å². The maximum atomic E-state index is 11.8. The van der Waals surface area contributed by atoms with Gasteiger partial charge < -0.3 is 9.72 Å². The zero-order valence-electron chi connectivity index (χ0n) is 10.1. The van der Waals surface area contributed by atoms with Crippen LogP contribution >= 0.6 is 0 Å². The van der Waals surface area contributed by atoms with Crippen molar-refractivity contribution in [2.45, 2.75) is 0 Å². The Kier molecular flexibility index (Phi) is 2.49. The molecule has 0 fully saturated rings. The monoisotopic (exact) mass is 257 g/mol. The van der Waals surface area contributed by atoms with E-state index in [1.807, 2.05) is 12.1 Å². The molecular formula is C13H11N3O3. The number of hydrogen-bond donors (Lipinski definition) is 2. The van der Waals surface area contributed by atoms with Gasteiger partial charge in [0.05, 0.1) is 18.3 Å². The molecule has 0 saturated carbocycles. The maximum Gasteiger partial charge on any atom is 0.333 e. The SMILES string of the molecule is COc1c(-n2ccc(=O)[nH]c2=O)ccc2cc[nH]c12. The number of rotatable bonds is 2. The maximum absolute atomic E-state index is 11.8. The summed E-state index contributed by atoms with van der Waals surface area (Å²) in [6.07, 6.45) is 3.22. The van der Waals surface area contributed by atoms with Crippen molar-refractivity contribution >= 4 is 10.9 Å². The summed E-state index contributed by atoms with van der Waals surface area (Å²) in [6, 6.07) is 6.85. The molecule has 0 aliphatic carbocycles. The number of fused-ring (bicyclic) bond motifs is 1. The number of methoxy groups -OCH3 is 1. The molecule has 3 rings (SSSR count). The highest BCUT2D eigenvalue weighted by Crippen LogP contribution is 2.30. The Labute approximate surface area is 107 Å². The molecule has 0 radical (unpaired) electrons. The molecule has 3 aromatic rings. The van der Waals surface area contributed by atoms with Crippen molar-refractivity contribution in [2.24, 2.45) is 0 Å². The quantitative estimate of drug-likeness (QED) is 0.719. The Bertz CT molecular complexity index is 857. The number of aromatic nitrogens is 3. The Balaban J connectivity index is 2.35. The first-order chi connectivity index (χ1) is 9.20. The van der Waals surface area contributed by atoms with E-state index in [1.165, 1.54) is 23.9 Å². The largest absolute Gasteiger partial charge is 0.492 e. The van der Waals surface area contributed by atoms with Crippen LogP contribution in [0.2, 0.25) is 0 Å². The van der Waals surface area contributed by atoms with Gasteiger partial charge in [-0.2, -0.15) is 0 Å². The van der Waals surface area contributed by atoms with Crippen molar-refractivity contribution in [1.82, 2.24) is 14.5 Å². The number of H-pyrrole nitrogens is 2. The van der Waals surface area contributed by atoms with Crippen molar-refractivity contribution in [1.29, 1.82) is 0 Å². The van der Waals surface area contributed by atoms with E-state index in [9.17, 15) is 9.59 Å². The van der Waals surface area contributed by atoms with Crippen LogP contribution in [0.1, 0.15) is 0 Å². The van der Waals surface area contributed by atoms with Gasteiger partial charge in [0.1, 0.15) is 0 Å². The fraction of sp³-hybridized carbons (Fsp3) is 0.0769. The van der Waals surface area contributed by atoms with Gasteiger partial charge in [0.25, 0.3) is 5.56 Å². The van der Waals surface area contributed by atoms with E-state index in [1.54, 1.807) is 12.3 Å². The fourth-order valence-corrected chi connectivity index (χ4v) is 2.09. The average molecular weight is 257 g/mol. The summed E-state index contributed by atoms with van der Waals surface area (Å²) in [5.74, 6) is 0.552. The normalized spacial score (nSPS) is 10.8. The predicted molar refractivity (Wildman–Crippen MR) is 71.1 cm³/mol. The molecule has 2 N–H and O–H groups in total. The smallest absolute Gasteiger partial charge is 0.333 e. The molecule has 2 aromatic heterocycles. The Morgan fingerprint density at radius 2 is 2.00 bits per heavy atom. The highest BCUT2D eigenvalue weighted by atomic mass is 16.5. The zero-order valence-corrected chi connectivity index (χ0v) is 10.1. The third-order valence-electron chi connectivity index (χ3n) is 2.95. The highest BCUT2D eigenvalue weighted by Gasteiger charge is 2.11. The minimum atomic E-state index is -0.503. The molecule has 0 atom stereocenters. The Hall–Kier alpha value is -2.76. The van der Waals surface area contributed by atoms with Gasteiger partial charge in [-0.25, -0.2) is 4.79 Å². The summed E-state index contributed by atoms with van der Waals surface area (Å²) in [6.45, 7) is 0. The summed E-state index contributed by atoms with van der Waals surface area (Å²) < 4.78 is 6.71. The lowest BCUT2D eigenvalue weighted by Crippen LogP contribution is -2.27. The van der Waals surface area contributed by atoms with E-state index in [2.05, 4.69) is 9.97 Å². The molecule has 0 unspecified atom stereocenters. The number of nitrogens with zero attached hydrogens (tertiary/aromatic N) is 1. The second-order valence-electron chi connectivity index (χ2n) is 4.04. The van der Waals surface area contributed by atoms with Gasteiger partial charge in [-0.05, 0) is 12.1 Å². The summed E-state index contributed by atoms with van der Waals surface area (Å²) in [5.41, 5.74) is 0.440. The number of benzene rings is 1. The molecule has 6 heteroatoms. The van der Waals surface area contributed by atoms with Gasteiger partial charge in [0.15, 0.2) is 5.75 Å². The molecule has 0 saturated heterocycles. The number of nitrogens with one attached hydrogen (secondary N) is 2. The fourth-order valence-electron chi connectivity index (χ4n) is 2.09. The lowest BCUT2D eigenvalue weighted by molar-refractivity contribution is 0.416. The van der Waals surface area contributed by atoms with Gasteiger partial charge >= 0.3 is 5.69 Å². The van der Waals surface area contributed by atoms with Crippen molar-refractivity contribution in [3.8, 4) is 11.4 Å². The van der Waals surface area contributed by atoms with Crippen LogP contribution in [0, 0.1) is 0 Å². The van der Waals surface area contributed by atoms with E-state index in [-0.39, 0.29) is 0 Å². The van der Waals surface area contributed by atoms with Gasteiger partial charge in [-0.3, -0.25) is 14.3 Å². The number of hydrogen-bond acceptors (Lipinski definition) is 3. The first-order valence-corrected chi connectivity index (χ1v) is 5.67. The van der Waals surface area contributed by atoms with E-state index in [0.29, 0.717) is 11.4 Å². The zero-order chi connectivity index (χ0) is 13.4. The van der Waals surface area contributed by atoms with E-state index < -0.39 is 11.2 Å². The second kappa shape index (κ2) is 4.16. The van der Waals surface area contributed by atoms with Crippen molar-refractivity contribution in [2.75, 3.05) is 7.11 Å². The lowest BCUT2D eigenvalue weighted by Gasteiger charge is -2.11. The molecule has 2 heterocycles.